The van der Waals surface area contributed by atoms with E-state index in [2.05, 4.69) is 43.1 Å². The number of carbonyl (C=O) groups excluding carboxylic acids is 1. The average molecular weight is 364 g/mol. The molecule has 114 valence electrons. The van der Waals surface area contributed by atoms with Gasteiger partial charge in [0.05, 0.1) is 12.1 Å². The molecule has 0 atom stereocenters. The molecule has 1 heterocycles. The van der Waals surface area contributed by atoms with Crippen LogP contribution in [0.25, 0.3) is 0 Å². The number of nitrogens with zero attached hydrogens (tertiary/aromatic N) is 1. The molecule has 0 aromatic carbocycles. The van der Waals surface area contributed by atoms with Gasteiger partial charge in [0.1, 0.15) is 4.60 Å². The van der Waals surface area contributed by atoms with Crippen molar-refractivity contribution < 1.29 is 9.53 Å². The topological polar surface area (TPSA) is 63.3 Å². The van der Waals surface area contributed by atoms with Crippen LogP contribution in [0.4, 0.5) is 0 Å². The van der Waals surface area contributed by atoms with Crippen molar-refractivity contribution in [2.75, 3.05) is 13.7 Å². The summed E-state index contributed by atoms with van der Waals surface area (Å²) in [7, 11) is 1.31. The van der Waals surface area contributed by atoms with Crippen molar-refractivity contribution in [2.24, 2.45) is 0 Å². The van der Waals surface area contributed by atoms with Crippen molar-refractivity contribution in [3.63, 3.8) is 0 Å². The van der Waals surface area contributed by atoms with Crippen molar-refractivity contribution in [1.29, 1.82) is 0 Å². The number of hydrazine groups is 1. The Hall–Kier alpha value is -0.920. The summed E-state index contributed by atoms with van der Waals surface area (Å²) in [6, 6.07) is 0. The van der Waals surface area contributed by atoms with E-state index in [1.165, 1.54) is 37.8 Å². The summed E-state index contributed by atoms with van der Waals surface area (Å²) >= 11 is 5.10. The maximum atomic E-state index is 8.95. The van der Waals surface area contributed by atoms with Gasteiger partial charge < -0.3 is 10.2 Å². The van der Waals surface area contributed by atoms with Gasteiger partial charge >= 0.3 is 0 Å². The Kier molecular flexibility index (Phi) is 13.8. The lowest BCUT2D eigenvalue weighted by Crippen LogP contribution is -2.27. The van der Waals surface area contributed by atoms with Gasteiger partial charge in [-0.1, -0.05) is 19.4 Å². The zero-order valence-electron chi connectivity index (χ0n) is 11.7. The first-order valence-electron chi connectivity index (χ1n) is 6.40. The minimum atomic E-state index is 0.375. The van der Waals surface area contributed by atoms with E-state index in [4.69, 9.17) is 4.79 Å². The Morgan fingerprint density at radius 1 is 1.45 bits per heavy atom. The van der Waals surface area contributed by atoms with E-state index < -0.39 is 0 Å². The lowest BCUT2D eigenvalue weighted by atomic mass is 10.1. The molecule has 7 heteroatoms. The lowest BCUT2D eigenvalue weighted by molar-refractivity contribution is -0.126. The molecule has 1 aromatic rings. The molecule has 0 radical (unpaired) electrons. The van der Waals surface area contributed by atoms with E-state index in [0.29, 0.717) is 6.47 Å². The van der Waals surface area contributed by atoms with Crippen LogP contribution in [0, 0.1) is 0 Å². The Morgan fingerprint density at radius 2 is 2.15 bits per heavy atom. The molecule has 1 aromatic heterocycles. The molecule has 1 rings (SSSR count). The van der Waals surface area contributed by atoms with Gasteiger partial charge in [-0.15, -0.1) is 11.3 Å². The highest BCUT2D eigenvalue weighted by molar-refractivity contribution is 9.10. The second-order valence-corrected chi connectivity index (χ2v) is 5.59. The zero-order chi connectivity index (χ0) is 15.1. The highest BCUT2D eigenvalue weighted by atomic mass is 79.9. The van der Waals surface area contributed by atoms with Gasteiger partial charge in [-0.3, -0.25) is 4.79 Å². The number of hydrogen-bond acceptors (Lipinski definition) is 6. The third-order valence-corrected chi connectivity index (χ3v) is 3.88. The van der Waals surface area contributed by atoms with Gasteiger partial charge in [0.2, 0.25) is 0 Å². The highest BCUT2D eigenvalue weighted by Gasteiger charge is 1.98. The van der Waals surface area contributed by atoms with Crippen molar-refractivity contribution in [3.05, 3.63) is 27.8 Å². The third kappa shape index (κ3) is 12.1. The Morgan fingerprint density at radius 3 is 2.70 bits per heavy atom. The van der Waals surface area contributed by atoms with E-state index in [9.17, 15) is 0 Å². The summed E-state index contributed by atoms with van der Waals surface area (Å²) in [6.07, 6.45) is 7.72. The number of carbonyl (C=O) groups is 1. The quantitative estimate of drug-likeness (QED) is 0.380. The Bertz CT molecular complexity index is 361. The van der Waals surface area contributed by atoms with Crippen molar-refractivity contribution in [3.8, 4) is 0 Å². The number of aromatic nitrogens is 1. The minimum Gasteiger partial charge on any atom is -0.471 e. The number of rotatable bonds is 10. The Labute approximate surface area is 132 Å². The summed E-state index contributed by atoms with van der Waals surface area (Å²) in [4.78, 5) is 13.3. The van der Waals surface area contributed by atoms with E-state index in [1.807, 2.05) is 5.38 Å². The van der Waals surface area contributed by atoms with Gasteiger partial charge in [-0.2, -0.15) is 0 Å². The zero-order valence-corrected chi connectivity index (χ0v) is 14.1. The molecule has 5 nitrogen and oxygen atoms in total. The van der Waals surface area contributed by atoms with Gasteiger partial charge in [0, 0.05) is 18.1 Å². The van der Waals surface area contributed by atoms with Gasteiger partial charge in [-0.25, -0.2) is 10.4 Å². The molecule has 0 saturated carbocycles. The molecule has 0 unspecified atom stereocenters. The fourth-order valence-electron chi connectivity index (χ4n) is 1.39. The first-order valence-corrected chi connectivity index (χ1v) is 8.07. The van der Waals surface area contributed by atoms with Gasteiger partial charge in [0.15, 0.2) is 0 Å². The van der Waals surface area contributed by atoms with Crippen molar-refractivity contribution >= 4 is 33.7 Å². The number of hydrogen-bond donors (Lipinski definition) is 2. The predicted molar refractivity (Wildman–Crippen MR) is 86.4 cm³/mol. The second-order valence-electron chi connectivity index (χ2n) is 3.84. The molecule has 2 N–H and O–H groups in total. The van der Waals surface area contributed by atoms with Gasteiger partial charge in [-0.05, 0) is 35.2 Å². The number of ether oxygens (including phenoxy) is 1. The molecular formula is C13H22BrN3O2S. The molecule has 0 spiro atoms. The molecule has 0 aliphatic rings. The number of methoxy groups -OCH3 is 1. The Balaban J connectivity index is 0.000000796. The number of unbranched alkanes of at least 4 members (excludes halogenated alkanes) is 3. The lowest BCUT2D eigenvalue weighted by Gasteiger charge is -2.03. The molecule has 0 saturated heterocycles. The number of nitrogens with one attached hydrogen (secondary N) is 2. The van der Waals surface area contributed by atoms with E-state index in [0.717, 1.165) is 17.6 Å². The highest BCUT2D eigenvalue weighted by Crippen LogP contribution is 2.17. The van der Waals surface area contributed by atoms with Crippen LogP contribution >= 0.6 is 27.3 Å². The molecule has 0 bridgehead atoms. The van der Waals surface area contributed by atoms with Crippen LogP contribution in [0.2, 0.25) is 0 Å². The number of aryl methyl sites for hydroxylation is 1. The summed E-state index contributed by atoms with van der Waals surface area (Å²) in [5.74, 6) is 0. The minimum absolute atomic E-state index is 0.375. The number of thiazole rings is 1. The van der Waals surface area contributed by atoms with E-state index in [-0.39, 0.29) is 0 Å². The van der Waals surface area contributed by atoms with Crippen molar-refractivity contribution in [1.82, 2.24) is 15.8 Å². The first kappa shape index (κ1) is 19.1. The summed E-state index contributed by atoms with van der Waals surface area (Å²) in [6.45, 7) is 4.93. The molecule has 0 aliphatic carbocycles. The first-order chi connectivity index (χ1) is 9.74. The van der Waals surface area contributed by atoms with Crippen LogP contribution in [0.5, 0.6) is 0 Å². The third-order valence-electron chi connectivity index (χ3n) is 2.27. The SMILES string of the molecule is C=CNNCCCCCCc1nc(Br)cs1.COC=O. The molecule has 0 aliphatic heterocycles. The van der Waals surface area contributed by atoms with Crippen LogP contribution in [-0.2, 0) is 16.0 Å². The van der Waals surface area contributed by atoms with Crippen LogP contribution < -0.4 is 10.9 Å². The van der Waals surface area contributed by atoms with E-state index >= 15 is 0 Å². The molecule has 20 heavy (non-hydrogen) atoms. The van der Waals surface area contributed by atoms with Crippen LogP contribution in [0.1, 0.15) is 30.7 Å². The van der Waals surface area contributed by atoms with Crippen LogP contribution in [0.15, 0.2) is 22.8 Å². The van der Waals surface area contributed by atoms with Crippen LogP contribution in [0.3, 0.4) is 0 Å². The maximum absolute atomic E-state index is 8.95. The summed E-state index contributed by atoms with van der Waals surface area (Å²) < 4.78 is 4.83. The maximum Gasteiger partial charge on any atom is 0.292 e. The van der Waals surface area contributed by atoms with Crippen LogP contribution in [-0.4, -0.2) is 25.1 Å². The summed E-state index contributed by atoms with van der Waals surface area (Å²) in [5.41, 5.74) is 5.93. The fourth-order valence-corrected chi connectivity index (χ4v) is 2.70. The standard InChI is InChI=1S/C11H18BrN3S.C2H4O2/c1-2-13-14-8-6-4-3-5-7-11-15-10(12)9-16-11;1-4-2-3/h2,9,13-14H,1,3-8H2;2H,1H3. The average Bonchev–Trinajstić information content (AvgIpc) is 2.88. The monoisotopic (exact) mass is 363 g/mol. The molecular weight excluding hydrogens is 342 g/mol. The largest absolute Gasteiger partial charge is 0.471 e. The normalized spacial score (nSPS) is 9.30. The second kappa shape index (κ2) is 14.5. The fraction of sp³-hybridized carbons (Fsp3) is 0.538. The smallest absolute Gasteiger partial charge is 0.292 e. The number of halogens is 1. The predicted octanol–water partition coefficient (Wildman–Crippen LogP) is 3.04. The summed E-state index contributed by atoms with van der Waals surface area (Å²) in [5, 5.41) is 3.28. The van der Waals surface area contributed by atoms with E-state index in [1.54, 1.807) is 17.5 Å². The molecule has 0 fully saturated rings. The molecule has 0 amide bonds. The van der Waals surface area contributed by atoms with Crippen molar-refractivity contribution in [2.45, 2.75) is 32.1 Å². The van der Waals surface area contributed by atoms with Gasteiger partial charge in [0.25, 0.3) is 6.47 Å².